The number of benzene rings is 2. The molecule has 0 atom stereocenters. The minimum atomic E-state index is -0.395. The largest absolute Gasteiger partial charge is 0.397 e. The van der Waals surface area contributed by atoms with Gasteiger partial charge < -0.3 is 15.8 Å². The standard InChI is InChI=1S/C22H23N3O2/c1-17(16-25-12-14-27-15-13-25)19-9-6-18(7-10-19)8-11-22(26)24-21-5-3-2-4-20(21)23/h2-7,9-10H,1,12-16,23H2,(H,24,26). The average molecular weight is 361 g/mol. The van der Waals surface area contributed by atoms with Gasteiger partial charge in [0.25, 0.3) is 0 Å². The number of hydrogen-bond acceptors (Lipinski definition) is 4. The first-order valence-corrected chi connectivity index (χ1v) is 8.87. The van der Waals surface area contributed by atoms with Crippen LogP contribution in [-0.4, -0.2) is 43.7 Å². The molecule has 1 fully saturated rings. The number of hydrogen-bond donors (Lipinski definition) is 2. The number of anilines is 2. The molecule has 27 heavy (non-hydrogen) atoms. The molecule has 5 heteroatoms. The molecule has 2 aromatic rings. The molecule has 3 rings (SSSR count). The molecule has 1 saturated heterocycles. The monoisotopic (exact) mass is 361 g/mol. The lowest BCUT2D eigenvalue weighted by molar-refractivity contribution is -0.111. The van der Waals surface area contributed by atoms with Crippen LogP contribution in [-0.2, 0) is 9.53 Å². The van der Waals surface area contributed by atoms with Crippen LogP contribution in [0.25, 0.3) is 5.57 Å². The number of morpholine rings is 1. The Balaban J connectivity index is 1.57. The predicted octanol–water partition coefficient (Wildman–Crippen LogP) is 2.60. The molecular weight excluding hydrogens is 338 g/mol. The highest BCUT2D eigenvalue weighted by atomic mass is 16.5. The second-order valence-electron chi connectivity index (χ2n) is 6.36. The van der Waals surface area contributed by atoms with E-state index in [4.69, 9.17) is 10.5 Å². The Kier molecular flexibility index (Phi) is 6.26. The van der Waals surface area contributed by atoms with Gasteiger partial charge in [0, 0.05) is 31.1 Å². The maximum absolute atomic E-state index is 12.0. The molecule has 5 nitrogen and oxygen atoms in total. The molecule has 0 aromatic heterocycles. The van der Waals surface area contributed by atoms with Gasteiger partial charge in [-0.05, 0) is 35.4 Å². The van der Waals surface area contributed by atoms with E-state index < -0.39 is 5.91 Å². The Hall–Kier alpha value is -3.07. The molecular formula is C22H23N3O2. The number of nitrogen functional groups attached to an aromatic ring is 1. The fraction of sp³-hybridized carbons (Fsp3) is 0.227. The Morgan fingerprint density at radius 1 is 1.15 bits per heavy atom. The number of amides is 1. The van der Waals surface area contributed by atoms with Crippen LogP contribution >= 0.6 is 0 Å². The van der Waals surface area contributed by atoms with E-state index in [2.05, 4.69) is 28.6 Å². The van der Waals surface area contributed by atoms with Gasteiger partial charge in [0.1, 0.15) is 0 Å². The Morgan fingerprint density at radius 3 is 2.56 bits per heavy atom. The van der Waals surface area contributed by atoms with Crippen LogP contribution in [0.5, 0.6) is 0 Å². The van der Waals surface area contributed by atoms with E-state index in [1.54, 1.807) is 12.1 Å². The lowest BCUT2D eigenvalue weighted by atomic mass is 10.0. The SMILES string of the molecule is C=C(CN1CCOCC1)c1ccc(C#CC(=O)Nc2ccccc2N)cc1. The van der Waals surface area contributed by atoms with Crippen LogP contribution < -0.4 is 11.1 Å². The normalized spacial score (nSPS) is 14.1. The summed E-state index contributed by atoms with van der Waals surface area (Å²) in [5.41, 5.74) is 9.79. The molecule has 1 aliphatic rings. The lowest BCUT2D eigenvalue weighted by Gasteiger charge is -2.27. The maximum Gasteiger partial charge on any atom is 0.300 e. The molecule has 1 amide bonds. The van der Waals surface area contributed by atoms with Crippen LogP contribution in [0.4, 0.5) is 11.4 Å². The van der Waals surface area contributed by atoms with Gasteiger partial charge >= 0.3 is 5.91 Å². The lowest BCUT2D eigenvalue weighted by Crippen LogP contribution is -2.37. The predicted molar refractivity (Wildman–Crippen MR) is 109 cm³/mol. The van der Waals surface area contributed by atoms with E-state index in [0.29, 0.717) is 11.4 Å². The van der Waals surface area contributed by atoms with Crippen molar-refractivity contribution < 1.29 is 9.53 Å². The first-order chi connectivity index (χ1) is 13.1. The molecule has 0 saturated carbocycles. The Labute approximate surface area is 159 Å². The van der Waals surface area contributed by atoms with Gasteiger partial charge in [0.15, 0.2) is 0 Å². The van der Waals surface area contributed by atoms with Crippen LogP contribution in [0.1, 0.15) is 11.1 Å². The summed E-state index contributed by atoms with van der Waals surface area (Å²) in [5.74, 6) is 5.07. The van der Waals surface area contributed by atoms with Crippen molar-refractivity contribution in [1.29, 1.82) is 0 Å². The zero-order chi connectivity index (χ0) is 19.1. The first kappa shape index (κ1) is 18.7. The minimum Gasteiger partial charge on any atom is -0.397 e. The van der Waals surface area contributed by atoms with Crippen molar-refractivity contribution in [1.82, 2.24) is 4.90 Å². The van der Waals surface area contributed by atoms with Crippen molar-refractivity contribution in [2.45, 2.75) is 0 Å². The van der Waals surface area contributed by atoms with Gasteiger partial charge in [-0.2, -0.15) is 0 Å². The number of ether oxygens (including phenoxy) is 1. The summed E-state index contributed by atoms with van der Waals surface area (Å²) in [6.45, 7) is 8.43. The molecule has 0 bridgehead atoms. The van der Waals surface area contributed by atoms with Crippen molar-refractivity contribution in [2.24, 2.45) is 0 Å². The van der Waals surface area contributed by atoms with E-state index in [-0.39, 0.29) is 0 Å². The maximum atomic E-state index is 12.0. The van der Waals surface area contributed by atoms with E-state index in [9.17, 15) is 4.79 Å². The molecule has 0 unspecified atom stereocenters. The van der Waals surface area contributed by atoms with E-state index in [1.807, 2.05) is 36.4 Å². The van der Waals surface area contributed by atoms with Gasteiger partial charge in [-0.15, -0.1) is 0 Å². The number of nitrogens with zero attached hydrogens (tertiary/aromatic N) is 1. The first-order valence-electron chi connectivity index (χ1n) is 8.87. The highest BCUT2D eigenvalue weighted by molar-refractivity contribution is 6.05. The van der Waals surface area contributed by atoms with Gasteiger partial charge in [-0.25, -0.2) is 0 Å². The number of nitrogens with one attached hydrogen (secondary N) is 1. The highest BCUT2D eigenvalue weighted by Gasteiger charge is 2.11. The quantitative estimate of drug-likeness (QED) is 0.649. The van der Waals surface area contributed by atoms with Crippen molar-refractivity contribution in [3.8, 4) is 11.8 Å². The van der Waals surface area contributed by atoms with E-state index >= 15 is 0 Å². The van der Waals surface area contributed by atoms with Crippen molar-refractivity contribution in [3.63, 3.8) is 0 Å². The molecule has 1 heterocycles. The van der Waals surface area contributed by atoms with Crippen LogP contribution in [0.15, 0.2) is 55.1 Å². The third kappa shape index (κ3) is 5.45. The molecule has 3 N–H and O–H groups in total. The summed E-state index contributed by atoms with van der Waals surface area (Å²) in [4.78, 5) is 14.3. The zero-order valence-corrected chi connectivity index (χ0v) is 15.2. The third-order valence-electron chi connectivity index (χ3n) is 4.34. The number of rotatable bonds is 4. The fourth-order valence-electron chi connectivity index (χ4n) is 2.80. The van der Waals surface area contributed by atoms with Crippen LogP contribution in [0.2, 0.25) is 0 Å². The Morgan fingerprint density at radius 2 is 1.85 bits per heavy atom. The number of para-hydroxylation sites is 2. The number of nitrogens with two attached hydrogens (primary N) is 1. The third-order valence-corrected chi connectivity index (χ3v) is 4.34. The van der Waals surface area contributed by atoms with Gasteiger partial charge in [0.05, 0.1) is 24.6 Å². The van der Waals surface area contributed by atoms with Crippen molar-refractivity contribution >= 4 is 22.9 Å². The topological polar surface area (TPSA) is 67.6 Å². The smallest absolute Gasteiger partial charge is 0.300 e. The summed E-state index contributed by atoms with van der Waals surface area (Å²) < 4.78 is 5.37. The molecule has 2 aromatic carbocycles. The van der Waals surface area contributed by atoms with E-state index in [1.165, 1.54) is 0 Å². The van der Waals surface area contributed by atoms with E-state index in [0.717, 1.165) is 49.5 Å². The van der Waals surface area contributed by atoms with Gasteiger partial charge in [0.2, 0.25) is 0 Å². The molecule has 0 spiro atoms. The van der Waals surface area contributed by atoms with Gasteiger partial charge in [-0.3, -0.25) is 9.69 Å². The van der Waals surface area contributed by atoms with Crippen LogP contribution in [0.3, 0.4) is 0 Å². The highest BCUT2D eigenvalue weighted by Crippen LogP contribution is 2.17. The second-order valence-corrected chi connectivity index (χ2v) is 6.36. The summed E-state index contributed by atoms with van der Waals surface area (Å²) in [6.07, 6.45) is 0. The molecule has 1 aliphatic heterocycles. The molecule has 0 radical (unpaired) electrons. The summed E-state index contributed by atoms with van der Waals surface area (Å²) in [6, 6.07) is 14.9. The summed E-state index contributed by atoms with van der Waals surface area (Å²) in [7, 11) is 0. The minimum absolute atomic E-state index is 0.395. The molecule has 138 valence electrons. The van der Waals surface area contributed by atoms with Gasteiger partial charge in [-0.1, -0.05) is 36.8 Å². The average Bonchev–Trinajstić information content (AvgIpc) is 2.69. The number of carbonyl (C=O) groups excluding carboxylic acids is 1. The summed E-state index contributed by atoms with van der Waals surface area (Å²) in [5, 5.41) is 2.69. The van der Waals surface area contributed by atoms with Crippen LogP contribution in [0, 0.1) is 11.8 Å². The Bertz CT molecular complexity index is 872. The fourth-order valence-corrected chi connectivity index (χ4v) is 2.80. The van der Waals surface area contributed by atoms with Crippen molar-refractivity contribution in [2.75, 3.05) is 43.9 Å². The molecule has 0 aliphatic carbocycles. The zero-order valence-electron chi connectivity index (χ0n) is 15.2. The van der Waals surface area contributed by atoms with Crippen molar-refractivity contribution in [3.05, 3.63) is 66.2 Å². The number of carbonyl (C=O) groups is 1. The second kappa shape index (κ2) is 9.04. The summed E-state index contributed by atoms with van der Waals surface area (Å²) >= 11 is 0.